The van der Waals surface area contributed by atoms with E-state index in [1.807, 2.05) is 37.3 Å². The number of anilines is 1. The average Bonchev–Trinajstić information content (AvgIpc) is 3.01. The van der Waals surface area contributed by atoms with Gasteiger partial charge in [-0.3, -0.25) is 4.99 Å². The first-order chi connectivity index (χ1) is 20.4. The summed E-state index contributed by atoms with van der Waals surface area (Å²) in [4.78, 5) is 16.3. The number of hydrogen-bond donors (Lipinski definition) is 2. The van der Waals surface area contributed by atoms with Crippen LogP contribution in [0.4, 0.5) is 11.4 Å². The zero-order valence-corrected chi connectivity index (χ0v) is 25.5. The predicted molar refractivity (Wildman–Crippen MR) is 175 cm³/mol. The second kappa shape index (κ2) is 16.9. The number of allylic oxidation sites excluding steroid dienone is 1. The molecule has 6 nitrogen and oxygen atoms in total. The van der Waals surface area contributed by atoms with Crippen molar-refractivity contribution < 1.29 is 19.4 Å². The Morgan fingerprint density at radius 1 is 1.02 bits per heavy atom. The largest absolute Gasteiger partial charge is 0.489 e. The molecule has 2 N–H and O–H groups in total. The molecule has 222 valence electrons. The zero-order chi connectivity index (χ0) is 30.3. The molecule has 1 atom stereocenters. The average molecular weight is 569 g/mol. The van der Waals surface area contributed by atoms with E-state index in [2.05, 4.69) is 67.5 Å². The van der Waals surface area contributed by atoms with Crippen molar-refractivity contribution >= 4 is 29.1 Å². The van der Waals surface area contributed by atoms with Crippen LogP contribution < -0.4 is 10.1 Å². The molecule has 0 aliphatic carbocycles. The standard InChI is InChI=1S/C36H44N2O4/c1-6-9-10-31(7-2)38-34-20-17-29(36(39)40)23-35(34)37-24-27-13-18-32(19-14-27)42-25-30(21-22-41-5)33(8-3)28-15-11-26(4)12-16-28/h8,11-21,23-24,31,38H,6-7,9-10,22,25H2,1-5H3,(H,39,40)/b30-21-,33-8-,37-24?. The molecule has 3 aromatic carbocycles. The minimum absolute atomic E-state index is 0.210. The normalized spacial score (nSPS) is 12.9. The van der Waals surface area contributed by atoms with Gasteiger partial charge in [0, 0.05) is 19.4 Å². The van der Waals surface area contributed by atoms with Crippen LogP contribution >= 0.6 is 0 Å². The highest BCUT2D eigenvalue weighted by atomic mass is 16.5. The molecule has 1 unspecified atom stereocenters. The van der Waals surface area contributed by atoms with Gasteiger partial charge in [0.25, 0.3) is 0 Å². The van der Waals surface area contributed by atoms with Crippen molar-refractivity contribution in [1.82, 2.24) is 0 Å². The van der Waals surface area contributed by atoms with E-state index in [0.717, 1.165) is 59.4 Å². The Morgan fingerprint density at radius 2 is 1.74 bits per heavy atom. The SMILES string of the molecule is C/C=C(\C(=C/COC)COc1ccc(C=Nc2cc(C(=O)O)ccc2NC(CC)CCCC)cc1)c1ccc(C)cc1. The number of rotatable bonds is 16. The van der Waals surface area contributed by atoms with Gasteiger partial charge in [0.15, 0.2) is 0 Å². The Bertz CT molecular complexity index is 1370. The molecule has 3 rings (SSSR count). The maximum atomic E-state index is 11.6. The maximum Gasteiger partial charge on any atom is 0.335 e. The van der Waals surface area contributed by atoms with Crippen LogP contribution in [0.3, 0.4) is 0 Å². The predicted octanol–water partition coefficient (Wildman–Crippen LogP) is 8.88. The first kappa shape index (κ1) is 32.4. The molecule has 0 saturated carbocycles. The number of aliphatic imine (C=N–C) groups is 1. The number of nitrogens with zero attached hydrogens (tertiary/aromatic N) is 1. The van der Waals surface area contributed by atoms with Crippen LogP contribution in [-0.4, -0.2) is 43.7 Å². The fourth-order valence-electron chi connectivity index (χ4n) is 4.60. The molecule has 0 aliphatic rings. The van der Waals surface area contributed by atoms with Crippen LogP contribution in [0.1, 0.15) is 73.5 Å². The number of ether oxygens (including phenoxy) is 2. The Kier molecular flexibility index (Phi) is 13.1. The molecule has 3 aromatic rings. The molecule has 0 heterocycles. The number of benzene rings is 3. The number of carbonyl (C=O) groups is 1. The summed E-state index contributed by atoms with van der Waals surface area (Å²) < 4.78 is 11.5. The number of carboxylic acids is 1. The van der Waals surface area contributed by atoms with E-state index in [1.165, 1.54) is 5.56 Å². The molecular weight excluding hydrogens is 524 g/mol. The van der Waals surface area contributed by atoms with Gasteiger partial charge >= 0.3 is 5.97 Å². The molecule has 0 amide bonds. The molecule has 0 radical (unpaired) electrons. The summed E-state index contributed by atoms with van der Waals surface area (Å²) in [6.45, 7) is 9.35. The Balaban J connectivity index is 1.75. The molecule has 0 bridgehead atoms. The molecule has 0 spiro atoms. The summed E-state index contributed by atoms with van der Waals surface area (Å²) in [7, 11) is 1.68. The number of unbranched alkanes of at least 4 members (excludes halogenated alkanes) is 1. The van der Waals surface area contributed by atoms with E-state index in [9.17, 15) is 9.90 Å². The van der Waals surface area contributed by atoms with Crippen molar-refractivity contribution in [2.24, 2.45) is 4.99 Å². The molecule has 0 aromatic heterocycles. The highest BCUT2D eigenvalue weighted by Crippen LogP contribution is 2.29. The van der Waals surface area contributed by atoms with E-state index < -0.39 is 5.97 Å². The third kappa shape index (κ3) is 9.74. The minimum atomic E-state index is -0.972. The van der Waals surface area contributed by atoms with Crippen molar-refractivity contribution in [3.63, 3.8) is 0 Å². The van der Waals surface area contributed by atoms with E-state index in [-0.39, 0.29) is 5.56 Å². The molecule has 0 saturated heterocycles. The second-order valence-corrected chi connectivity index (χ2v) is 10.3. The molecule has 6 heteroatoms. The summed E-state index contributed by atoms with van der Waals surface area (Å²) >= 11 is 0. The lowest BCUT2D eigenvalue weighted by atomic mass is 9.97. The van der Waals surface area contributed by atoms with Gasteiger partial charge in [0.1, 0.15) is 12.4 Å². The summed E-state index contributed by atoms with van der Waals surface area (Å²) in [5, 5.41) is 13.1. The van der Waals surface area contributed by atoms with Gasteiger partial charge in [-0.25, -0.2) is 4.79 Å². The van der Waals surface area contributed by atoms with Crippen molar-refractivity contribution in [2.75, 3.05) is 25.6 Å². The Morgan fingerprint density at radius 3 is 2.36 bits per heavy atom. The lowest BCUT2D eigenvalue weighted by molar-refractivity contribution is 0.0697. The van der Waals surface area contributed by atoms with Crippen molar-refractivity contribution in [2.45, 2.75) is 59.4 Å². The summed E-state index contributed by atoms with van der Waals surface area (Å²) in [6.07, 6.45) is 10.2. The Labute approximate surface area is 250 Å². The molecule has 42 heavy (non-hydrogen) atoms. The van der Waals surface area contributed by atoms with E-state index in [1.54, 1.807) is 25.5 Å². The third-order valence-corrected chi connectivity index (χ3v) is 7.12. The number of carboxylic acid groups (broad SMARTS) is 1. The summed E-state index contributed by atoms with van der Waals surface area (Å²) in [6, 6.07) is 21.5. The van der Waals surface area contributed by atoms with Gasteiger partial charge in [-0.05, 0) is 91.4 Å². The van der Waals surface area contributed by atoms with Crippen LogP contribution in [0, 0.1) is 6.92 Å². The Hall–Kier alpha value is -4.16. The molecule has 0 fully saturated rings. The van der Waals surface area contributed by atoms with E-state index in [0.29, 0.717) is 24.9 Å². The highest BCUT2D eigenvalue weighted by Gasteiger charge is 2.12. The molecular formula is C36H44N2O4. The summed E-state index contributed by atoms with van der Waals surface area (Å²) in [5.41, 5.74) is 7.06. The van der Waals surface area contributed by atoms with Gasteiger partial charge < -0.3 is 19.9 Å². The molecule has 0 aliphatic heterocycles. The zero-order valence-electron chi connectivity index (χ0n) is 25.5. The van der Waals surface area contributed by atoms with Gasteiger partial charge in [-0.2, -0.15) is 0 Å². The van der Waals surface area contributed by atoms with Crippen LogP contribution in [0.5, 0.6) is 5.75 Å². The van der Waals surface area contributed by atoms with Crippen LogP contribution in [0.2, 0.25) is 0 Å². The third-order valence-electron chi connectivity index (χ3n) is 7.12. The smallest absolute Gasteiger partial charge is 0.335 e. The van der Waals surface area contributed by atoms with Crippen LogP contribution in [0.15, 0.2) is 89.4 Å². The van der Waals surface area contributed by atoms with Crippen molar-refractivity contribution in [3.8, 4) is 5.75 Å². The van der Waals surface area contributed by atoms with Gasteiger partial charge in [-0.15, -0.1) is 0 Å². The second-order valence-electron chi connectivity index (χ2n) is 10.3. The van der Waals surface area contributed by atoms with E-state index in [4.69, 9.17) is 9.47 Å². The van der Waals surface area contributed by atoms with Crippen molar-refractivity contribution in [3.05, 3.63) is 107 Å². The van der Waals surface area contributed by atoms with Gasteiger partial charge in [0.05, 0.1) is 23.5 Å². The van der Waals surface area contributed by atoms with Crippen LogP contribution in [-0.2, 0) is 4.74 Å². The number of aromatic carboxylic acids is 1. The number of aryl methyl sites for hydroxylation is 1. The minimum Gasteiger partial charge on any atom is -0.489 e. The maximum absolute atomic E-state index is 11.6. The quantitative estimate of drug-likeness (QED) is 0.133. The topological polar surface area (TPSA) is 80.2 Å². The van der Waals surface area contributed by atoms with Gasteiger partial charge in [-0.1, -0.05) is 68.7 Å². The number of hydrogen-bond acceptors (Lipinski definition) is 5. The fraction of sp³-hybridized carbons (Fsp3) is 0.333. The fourth-order valence-corrected chi connectivity index (χ4v) is 4.60. The highest BCUT2D eigenvalue weighted by molar-refractivity contribution is 5.92. The van der Waals surface area contributed by atoms with Crippen molar-refractivity contribution in [1.29, 1.82) is 0 Å². The number of methoxy groups -OCH3 is 1. The van der Waals surface area contributed by atoms with Gasteiger partial charge in [0.2, 0.25) is 0 Å². The van der Waals surface area contributed by atoms with E-state index >= 15 is 0 Å². The summed E-state index contributed by atoms with van der Waals surface area (Å²) in [5.74, 6) is -0.230. The lowest BCUT2D eigenvalue weighted by Crippen LogP contribution is -2.18. The first-order valence-corrected chi connectivity index (χ1v) is 14.7. The lowest BCUT2D eigenvalue weighted by Gasteiger charge is -2.19. The monoisotopic (exact) mass is 568 g/mol. The first-order valence-electron chi connectivity index (χ1n) is 14.7. The number of nitrogens with one attached hydrogen (secondary N) is 1. The van der Waals surface area contributed by atoms with Crippen LogP contribution in [0.25, 0.3) is 5.57 Å².